The molecule has 1 aliphatic rings. The highest BCUT2D eigenvalue weighted by Gasteiger charge is 2.33. The molecule has 1 aliphatic heterocycles. The number of pyridine rings is 2. The van der Waals surface area contributed by atoms with E-state index in [0.29, 0.717) is 30.1 Å². The number of aromatic nitrogens is 2. The average Bonchev–Trinajstić information content (AvgIpc) is 2.74. The highest BCUT2D eigenvalue weighted by Crippen LogP contribution is 2.27. The summed E-state index contributed by atoms with van der Waals surface area (Å²) in [6, 6.07) is 5.09. The van der Waals surface area contributed by atoms with E-state index < -0.39 is 0 Å². The van der Waals surface area contributed by atoms with Crippen molar-refractivity contribution in [2.45, 2.75) is 26.0 Å². The zero-order chi connectivity index (χ0) is 21.7. The van der Waals surface area contributed by atoms with E-state index in [0.717, 1.165) is 5.56 Å². The van der Waals surface area contributed by atoms with E-state index in [4.69, 9.17) is 4.74 Å². The molecule has 30 heavy (non-hydrogen) atoms. The number of likely N-dealkylation sites (N-methyl/N-ethyl adjacent to an activating group) is 1. The summed E-state index contributed by atoms with van der Waals surface area (Å²) >= 11 is 0. The molecule has 3 atom stereocenters. The molecule has 0 unspecified atom stereocenters. The third-order valence-electron chi connectivity index (χ3n) is 5.08. The molecule has 158 valence electrons. The fourth-order valence-electron chi connectivity index (χ4n) is 3.33. The van der Waals surface area contributed by atoms with E-state index >= 15 is 0 Å². The number of hydrogen-bond donors (Lipinski definition) is 1. The molecule has 0 radical (unpaired) electrons. The maximum absolute atomic E-state index is 13.3. The Labute approximate surface area is 177 Å². The standard InChI is InChI=1S/C23H28N4O3/c1-16-13-27(17(2)15-28)23(29)20-10-19(8-7-18-6-5-9-24-11-18)12-25-22(20)30-21(16)14-26(3)4/h5-6,9-12,16-17,21,28H,13-15H2,1-4H3/t16-,17-,21+/m1/s1. The molecule has 2 aromatic heterocycles. The first kappa shape index (κ1) is 21.8. The van der Waals surface area contributed by atoms with Gasteiger partial charge < -0.3 is 19.6 Å². The Kier molecular flexibility index (Phi) is 7.03. The van der Waals surface area contributed by atoms with Gasteiger partial charge in [0.15, 0.2) is 0 Å². The molecular weight excluding hydrogens is 380 g/mol. The van der Waals surface area contributed by atoms with Crippen molar-refractivity contribution in [2.24, 2.45) is 5.92 Å². The van der Waals surface area contributed by atoms with Crippen LogP contribution in [0.3, 0.4) is 0 Å². The van der Waals surface area contributed by atoms with Crippen LogP contribution in [0.2, 0.25) is 0 Å². The van der Waals surface area contributed by atoms with Crippen molar-refractivity contribution in [1.82, 2.24) is 19.8 Å². The molecule has 0 aromatic carbocycles. The van der Waals surface area contributed by atoms with Crippen molar-refractivity contribution in [2.75, 3.05) is 33.8 Å². The van der Waals surface area contributed by atoms with Crippen LogP contribution in [0.4, 0.5) is 0 Å². The van der Waals surface area contributed by atoms with E-state index in [9.17, 15) is 9.90 Å². The van der Waals surface area contributed by atoms with Crippen LogP contribution >= 0.6 is 0 Å². The molecule has 7 nitrogen and oxygen atoms in total. The predicted octanol–water partition coefficient (Wildman–Crippen LogP) is 1.66. The lowest BCUT2D eigenvalue weighted by atomic mass is 10.00. The van der Waals surface area contributed by atoms with Gasteiger partial charge in [-0.3, -0.25) is 9.78 Å². The molecule has 0 saturated heterocycles. The van der Waals surface area contributed by atoms with E-state index in [-0.39, 0.29) is 30.6 Å². The number of amides is 1. The maximum Gasteiger partial charge on any atom is 0.259 e. The summed E-state index contributed by atoms with van der Waals surface area (Å²) in [5, 5.41) is 9.70. The van der Waals surface area contributed by atoms with Crippen LogP contribution in [0.5, 0.6) is 5.88 Å². The monoisotopic (exact) mass is 408 g/mol. The third kappa shape index (κ3) is 5.15. The Morgan fingerprint density at radius 1 is 1.33 bits per heavy atom. The van der Waals surface area contributed by atoms with Crippen molar-refractivity contribution in [3.05, 3.63) is 53.5 Å². The molecule has 2 aromatic rings. The number of carbonyl (C=O) groups excluding carboxylic acids is 1. The van der Waals surface area contributed by atoms with Crippen molar-refractivity contribution < 1.29 is 14.6 Å². The van der Waals surface area contributed by atoms with Gasteiger partial charge in [0.2, 0.25) is 5.88 Å². The molecule has 1 N–H and O–H groups in total. The predicted molar refractivity (Wildman–Crippen MR) is 114 cm³/mol. The number of fused-ring (bicyclic) bond motifs is 1. The summed E-state index contributed by atoms with van der Waals surface area (Å²) < 4.78 is 6.19. The van der Waals surface area contributed by atoms with Crippen LogP contribution in [0.15, 0.2) is 36.8 Å². The first-order chi connectivity index (χ1) is 14.4. The first-order valence-corrected chi connectivity index (χ1v) is 10.0. The van der Waals surface area contributed by atoms with Gasteiger partial charge >= 0.3 is 0 Å². The second kappa shape index (κ2) is 9.70. The minimum absolute atomic E-state index is 0.0744. The van der Waals surface area contributed by atoms with Crippen molar-refractivity contribution in [1.29, 1.82) is 0 Å². The lowest BCUT2D eigenvalue weighted by Crippen LogP contribution is -2.49. The molecular formula is C23H28N4O3. The van der Waals surface area contributed by atoms with Gasteiger partial charge in [-0.05, 0) is 39.2 Å². The fraction of sp³-hybridized carbons (Fsp3) is 0.435. The molecule has 0 bridgehead atoms. The Morgan fingerprint density at radius 2 is 2.10 bits per heavy atom. The number of aliphatic hydroxyl groups is 1. The van der Waals surface area contributed by atoms with E-state index in [2.05, 4.69) is 33.6 Å². The molecule has 1 amide bonds. The zero-order valence-corrected chi connectivity index (χ0v) is 17.9. The molecule has 3 rings (SSSR count). The summed E-state index contributed by atoms with van der Waals surface area (Å²) in [7, 11) is 3.97. The Hall–Kier alpha value is -2.95. The normalized spacial score (nSPS) is 19.8. The van der Waals surface area contributed by atoms with Crippen LogP contribution in [0.25, 0.3) is 0 Å². The number of hydrogen-bond acceptors (Lipinski definition) is 6. The topological polar surface area (TPSA) is 78.8 Å². The highest BCUT2D eigenvalue weighted by molar-refractivity contribution is 5.97. The van der Waals surface area contributed by atoms with Gasteiger partial charge in [-0.1, -0.05) is 18.8 Å². The molecule has 3 heterocycles. The Bertz CT molecular complexity index is 936. The summed E-state index contributed by atoms with van der Waals surface area (Å²) in [6.07, 6.45) is 4.85. The second-order valence-electron chi connectivity index (χ2n) is 7.95. The smallest absolute Gasteiger partial charge is 0.259 e. The number of ether oxygens (including phenoxy) is 1. The largest absolute Gasteiger partial charge is 0.472 e. The van der Waals surface area contributed by atoms with Crippen LogP contribution in [0.1, 0.15) is 35.3 Å². The third-order valence-corrected chi connectivity index (χ3v) is 5.08. The summed E-state index contributed by atoms with van der Waals surface area (Å²) in [5.41, 5.74) is 1.76. The Morgan fingerprint density at radius 3 is 2.77 bits per heavy atom. The van der Waals surface area contributed by atoms with E-state index in [1.807, 2.05) is 33.2 Å². The fourth-order valence-corrected chi connectivity index (χ4v) is 3.33. The van der Waals surface area contributed by atoms with E-state index in [1.165, 1.54) is 0 Å². The lowest BCUT2D eigenvalue weighted by Gasteiger charge is -2.37. The van der Waals surface area contributed by atoms with Crippen LogP contribution in [-0.4, -0.2) is 76.7 Å². The van der Waals surface area contributed by atoms with Crippen LogP contribution < -0.4 is 4.74 Å². The molecule has 0 spiro atoms. The van der Waals surface area contributed by atoms with Crippen LogP contribution in [-0.2, 0) is 0 Å². The first-order valence-electron chi connectivity index (χ1n) is 10.0. The minimum atomic E-state index is -0.309. The lowest BCUT2D eigenvalue weighted by molar-refractivity contribution is 0.0348. The van der Waals surface area contributed by atoms with Gasteiger partial charge in [-0.15, -0.1) is 0 Å². The summed E-state index contributed by atoms with van der Waals surface area (Å²) in [4.78, 5) is 25.6. The second-order valence-corrected chi connectivity index (χ2v) is 7.95. The number of nitrogens with zero attached hydrogens (tertiary/aromatic N) is 4. The zero-order valence-electron chi connectivity index (χ0n) is 17.9. The van der Waals surface area contributed by atoms with Crippen molar-refractivity contribution >= 4 is 5.91 Å². The number of carbonyl (C=O) groups is 1. The van der Waals surface area contributed by atoms with Crippen LogP contribution in [0, 0.1) is 17.8 Å². The summed E-state index contributed by atoms with van der Waals surface area (Å²) in [6.45, 7) is 4.97. The van der Waals surface area contributed by atoms with Gasteiger partial charge in [-0.2, -0.15) is 0 Å². The molecule has 0 aliphatic carbocycles. The van der Waals surface area contributed by atoms with Gasteiger partial charge in [0.05, 0.1) is 12.6 Å². The van der Waals surface area contributed by atoms with Gasteiger partial charge in [0.1, 0.15) is 11.7 Å². The van der Waals surface area contributed by atoms with Gasteiger partial charge in [0, 0.05) is 48.7 Å². The minimum Gasteiger partial charge on any atom is -0.472 e. The van der Waals surface area contributed by atoms with Gasteiger partial charge in [-0.25, -0.2) is 4.98 Å². The SMILES string of the molecule is C[C@@H]1CN([C@H](C)CO)C(=O)c2cc(C#Cc3cccnc3)cnc2O[C@H]1CN(C)C. The Balaban J connectivity index is 2.00. The average molecular weight is 409 g/mol. The van der Waals surface area contributed by atoms with Crippen molar-refractivity contribution in [3.8, 4) is 17.7 Å². The summed E-state index contributed by atoms with van der Waals surface area (Å²) in [5.74, 6) is 6.25. The van der Waals surface area contributed by atoms with E-state index in [1.54, 1.807) is 29.6 Å². The highest BCUT2D eigenvalue weighted by atomic mass is 16.5. The maximum atomic E-state index is 13.3. The van der Waals surface area contributed by atoms with Crippen molar-refractivity contribution in [3.63, 3.8) is 0 Å². The molecule has 7 heteroatoms. The van der Waals surface area contributed by atoms with Gasteiger partial charge in [0.25, 0.3) is 5.91 Å². The molecule has 0 saturated carbocycles. The quantitative estimate of drug-likeness (QED) is 0.776. The molecule has 0 fully saturated rings. The number of aliphatic hydroxyl groups excluding tert-OH is 1. The number of rotatable bonds is 4.